The molecule has 142 valence electrons. The van der Waals surface area contributed by atoms with Crippen molar-refractivity contribution in [2.24, 2.45) is 0 Å². The van der Waals surface area contributed by atoms with Crippen LogP contribution in [0.1, 0.15) is 21.7 Å². The normalized spacial score (nSPS) is 10.7. The lowest BCUT2D eigenvalue weighted by atomic mass is 10.1. The molecule has 0 saturated carbocycles. The highest BCUT2D eigenvalue weighted by Crippen LogP contribution is 2.33. The third-order valence-corrected chi connectivity index (χ3v) is 4.41. The molecule has 0 radical (unpaired) electrons. The lowest BCUT2D eigenvalue weighted by molar-refractivity contribution is 0.0597. The topological polar surface area (TPSA) is 67.1 Å². The van der Waals surface area contributed by atoms with Gasteiger partial charge in [-0.1, -0.05) is 6.07 Å². The quantitative estimate of drug-likeness (QED) is 0.585. The minimum Gasteiger partial charge on any atom is -0.493 e. The third kappa shape index (κ3) is 3.69. The summed E-state index contributed by atoms with van der Waals surface area (Å²) in [5.41, 5.74) is 1.99. The summed E-state index contributed by atoms with van der Waals surface area (Å²) < 4.78 is 26.8. The molecule has 0 aliphatic heterocycles. The number of rotatable bonds is 7. The number of carbonyl (C=O) groups excluding carboxylic acids is 1. The number of aryl methyl sites for hydroxylation is 2. The van der Waals surface area contributed by atoms with E-state index in [0.717, 1.165) is 23.1 Å². The predicted molar refractivity (Wildman–Crippen MR) is 101 cm³/mol. The third-order valence-electron chi connectivity index (χ3n) is 4.41. The van der Waals surface area contributed by atoms with Crippen LogP contribution in [0.2, 0.25) is 0 Å². The van der Waals surface area contributed by atoms with Gasteiger partial charge in [0.25, 0.3) is 0 Å². The Balaban J connectivity index is 1.85. The largest absolute Gasteiger partial charge is 0.493 e. The fourth-order valence-corrected chi connectivity index (χ4v) is 3.03. The molecule has 0 N–H and O–H groups in total. The van der Waals surface area contributed by atoms with E-state index in [0.29, 0.717) is 34.8 Å². The van der Waals surface area contributed by atoms with Gasteiger partial charge in [-0.05, 0) is 42.3 Å². The number of fused-ring (bicyclic) bond motifs is 1. The Morgan fingerprint density at radius 2 is 1.67 bits per heavy atom. The van der Waals surface area contributed by atoms with Gasteiger partial charge in [0.2, 0.25) is 0 Å². The molecule has 0 bridgehead atoms. The van der Waals surface area contributed by atoms with Crippen LogP contribution in [-0.2, 0) is 17.6 Å². The Kier molecular flexibility index (Phi) is 5.54. The minimum absolute atomic E-state index is 0.341. The van der Waals surface area contributed by atoms with E-state index in [1.54, 1.807) is 20.3 Å². The van der Waals surface area contributed by atoms with Crippen molar-refractivity contribution in [1.29, 1.82) is 0 Å². The van der Waals surface area contributed by atoms with E-state index < -0.39 is 5.97 Å². The number of esters is 1. The summed E-state index contributed by atoms with van der Waals surface area (Å²) in [6, 6.07) is 11.3. The van der Waals surface area contributed by atoms with Gasteiger partial charge in [-0.25, -0.2) is 4.79 Å². The van der Waals surface area contributed by atoms with Crippen LogP contribution in [0.3, 0.4) is 0 Å². The highest BCUT2D eigenvalue weighted by molar-refractivity contribution is 5.99. The van der Waals surface area contributed by atoms with Crippen molar-refractivity contribution >= 4 is 16.9 Å². The monoisotopic (exact) mass is 370 g/mol. The molecule has 0 fully saturated rings. The zero-order valence-corrected chi connectivity index (χ0v) is 15.8. The second kappa shape index (κ2) is 8.03. The summed E-state index contributed by atoms with van der Waals surface area (Å²) in [6.45, 7) is 0. The van der Waals surface area contributed by atoms with Gasteiger partial charge in [0.1, 0.15) is 11.3 Å². The lowest BCUT2D eigenvalue weighted by Gasteiger charge is -2.09. The molecule has 1 heterocycles. The highest BCUT2D eigenvalue weighted by Gasteiger charge is 2.19. The van der Waals surface area contributed by atoms with E-state index in [-0.39, 0.29) is 0 Å². The molecular formula is C21H22O6. The van der Waals surface area contributed by atoms with Gasteiger partial charge in [-0.15, -0.1) is 0 Å². The fourth-order valence-electron chi connectivity index (χ4n) is 3.03. The van der Waals surface area contributed by atoms with Crippen LogP contribution in [0.5, 0.6) is 17.2 Å². The van der Waals surface area contributed by atoms with Crippen molar-refractivity contribution in [1.82, 2.24) is 0 Å². The van der Waals surface area contributed by atoms with Gasteiger partial charge >= 0.3 is 5.97 Å². The van der Waals surface area contributed by atoms with Crippen LogP contribution in [-0.4, -0.2) is 34.4 Å². The molecule has 6 nitrogen and oxygen atoms in total. The molecule has 27 heavy (non-hydrogen) atoms. The molecule has 0 aliphatic carbocycles. The number of hydrogen-bond acceptors (Lipinski definition) is 6. The van der Waals surface area contributed by atoms with Crippen LogP contribution in [0.4, 0.5) is 0 Å². The smallest absolute Gasteiger partial charge is 0.341 e. The highest BCUT2D eigenvalue weighted by atomic mass is 16.5. The van der Waals surface area contributed by atoms with Crippen molar-refractivity contribution in [2.75, 3.05) is 28.4 Å². The Hall–Kier alpha value is -3.15. The molecule has 0 aliphatic rings. The van der Waals surface area contributed by atoms with E-state index in [1.165, 1.54) is 14.2 Å². The molecule has 2 aromatic carbocycles. The summed E-state index contributed by atoms with van der Waals surface area (Å²) in [7, 11) is 6.07. The molecule has 3 aromatic rings. The summed E-state index contributed by atoms with van der Waals surface area (Å²) in [4.78, 5) is 11.9. The minimum atomic E-state index is -0.461. The lowest BCUT2D eigenvalue weighted by Crippen LogP contribution is -2.03. The SMILES string of the molecule is COC(=O)c1ccc2cc(CCc3ccc(OC)c(OC)c3)oc2c1OC. The molecule has 0 saturated heterocycles. The van der Waals surface area contributed by atoms with Crippen molar-refractivity contribution < 1.29 is 28.2 Å². The van der Waals surface area contributed by atoms with Crippen molar-refractivity contribution in [2.45, 2.75) is 12.8 Å². The van der Waals surface area contributed by atoms with Crippen molar-refractivity contribution in [3.8, 4) is 17.2 Å². The maximum atomic E-state index is 11.9. The van der Waals surface area contributed by atoms with Crippen molar-refractivity contribution in [3.63, 3.8) is 0 Å². The van der Waals surface area contributed by atoms with Gasteiger partial charge in [-0.3, -0.25) is 0 Å². The van der Waals surface area contributed by atoms with E-state index >= 15 is 0 Å². The van der Waals surface area contributed by atoms with E-state index in [4.69, 9.17) is 23.4 Å². The van der Waals surface area contributed by atoms with Gasteiger partial charge in [0.05, 0.1) is 28.4 Å². The summed E-state index contributed by atoms with van der Waals surface area (Å²) in [5.74, 6) is 2.13. The van der Waals surface area contributed by atoms with Crippen LogP contribution in [0.15, 0.2) is 40.8 Å². The van der Waals surface area contributed by atoms with Gasteiger partial charge in [0, 0.05) is 11.8 Å². The number of benzene rings is 2. The number of methoxy groups -OCH3 is 4. The van der Waals surface area contributed by atoms with Gasteiger partial charge in [0.15, 0.2) is 22.8 Å². The summed E-state index contributed by atoms with van der Waals surface area (Å²) in [6.07, 6.45) is 1.47. The van der Waals surface area contributed by atoms with Crippen LogP contribution < -0.4 is 14.2 Å². The molecule has 0 unspecified atom stereocenters. The molecule has 0 atom stereocenters. The first-order chi connectivity index (χ1) is 13.1. The van der Waals surface area contributed by atoms with Crippen molar-refractivity contribution in [3.05, 3.63) is 53.3 Å². The average Bonchev–Trinajstić information content (AvgIpc) is 3.13. The molecular weight excluding hydrogens is 348 g/mol. The zero-order valence-electron chi connectivity index (χ0n) is 15.8. The number of furan rings is 1. The average molecular weight is 370 g/mol. The predicted octanol–water partition coefficient (Wildman–Crippen LogP) is 4.03. The maximum absolute atomic E-state index is 11.9. The number of ether oxygens (including phenoxy) is 4. The zero-order chi connectivity index (χ0) is 19.4. The second-order valence-electron chi connectivity index (χ2n) is 5.96. The summed E-state index contributed by atoms with van der Waals surface area (Å²) >= 11 is 0. The van der Waals surface area contributed by atoms with E-state index in [2.05, 4.69) is 0 Å². The Labute approximate surface area is 157 Å². The number of hydrogen-bond donors (Lipinski definition) is 0. The standard InChI is InChI=1S/C21H22O6/c1-23-17-10-6-13(11-18(17)24-2)5-8-15-12-14-7-9-16(21(22)26-4)20(25-3)19(14)27-15/h6-7,9-12H,5,8H2,1-4H3. The van der Waals surface area contributed by atoms with Crippen LogP contribution in [0.25, 0.3) is 11.0 Å². The molecule has 0 spiro atoms. The second-order valence-corrected chi connectivity index (χ2v) is 5.96. The van der Waals surface area contributed by atoms with Crippen LogP contribution >= 0.6 is 0 Å². The van der Waals surface area contributed by atoms with Crippen LogP contribution in [0, 0.1) is 0 Å². The molecule has 3 rings (SSSR count). The Bertz CT molecular complexity index is 957. The van der Waals surface area contributed by atoms with E-state index in [1.807, 2.05) is 30.3 Å². The van der Waals surface area contributed by atoms with E-state index in [9.17, 15) is 4.79 Å². The molecule has 1 aromatic heterocycles. The molecule has 6 heteroatoms. The number of carbonyl (C=O) groups is 1. The maximum Gasteiger partial charge on any atom is 0.341 e. The first kappa shape index (κ1) is 18.6. The fraction of sp³-hybridized carbons (Fsp3) is 0.286. The first-order valence-electron chi connectivity index (χ1n) is 8.50. The Morgan fingerprint density at radius 3 is 2.33 bits per heavy atom. The first-order valence-corrected chi connectivity index (χ1v) is 8.50. The van der Waals surface area contributed by atoms with Gasteiger partial charge < -0.3 is 23.4 Å². The van der Waals surface area contributed by atoms with Gasteiger partial charge in [-0.2, -0.15) is 0 Å². The summed E-state index contributed by atoms with van der Waals surface area (Å²) in [5, 5.41) is 0.877. The Morgan fingerprint density at radius 1 is 0.889 bits per heavy atom. The molecule has 0 amide bonds.